The third kappa shape index (κ3) is 3.77. The first kappa shape index (κ1) is 25.4. The monoisotopic (exact) mass is 556 g/mol. The van der Waals surface area contributed by atoms with E-state index in [9.17, 15) is 0 Å². The van der Waals surface area contributed by atoms with Gasteiger partial charge in [-0.25, -0.2) is 0 Å². The second-order valence-corrected chi connectivity index (χ2v) is 13.4. The van der Waals surface area contributed by atoms with Crippen molar-refractivity contribution < 1.29 is 0 Å². The summed E-state index contributed by atoms with van der Waals surface area (Å²) in [5.41, 5.74) is 18.3. The van der Waals surface area contributed by atoms with Gasteiger partial charge in [0.2, 0.25) is 0 Å². The Morgan fingerprint density at radius 3 is 1.50 bits per heavy atom. The molecule has 0 aromatic heterocycles. The van der Waals surface area contributed by atoms with Gasteiger partial charge >= 0.3 is 0 Å². The Labute approximate surface area is 253 Å². The van der Waals surface area contributed by atoms with E-state index in [1.165, 1.54) is 87.7 Å². The summed E-state index contributed by atoms with van der Waals surface area (Å²) in [4.78, 5) is 2.76. The summed E-state index contributed by atoms with van der Waals surface area (Å²) in [6, 6.07) is 45.6. The maximum absolute atomic E-state index is 2.47. The average Bonchev–Trinajstić information content (AvgIpc) is 3.00. The lowest BCUT2D eigenvalue weighted by Crippen LogP contribution is -2.24. The molecule has 0 nitrogen and oxygen atoms in total. The fraction of sp³-hybridized carbons (Fsp3) is 0.122. The SMILES string of the molecule is Cc1ccc2c(c1)Sc1cc(C)c(-c3ccc4c(c3)-c3ccccc3-c3ccccc3-c3ccccc3-4)cc1C2(C)C. The van der Waals surface area contributed by atoms with Crippen molar-refractivity contribution in [3.8, 4) is 55.6 Å². The van der Waals surface area contributed by atoms with Crippen molar-refractivity contribution in [3.63, 3.8) is 0 Å². The summed E-state index contributed by atoms with van der Waals surface area (Å²) in [5, 5.41) is 0. The average molecular weight is 557 g/mol. The van der Waals surface area contributed by atoms with E-state index in [1.54, 1.807) is 0 Å². The number of rotatable bonds is 1. The first-order valence-electron chi connectivity index (χ1n) is 14.8. The van der Waals surface area contributed by atoms with Crippen LogP contribution in [0, 0.1) is 13.8 Å². The van der Waals surface area contributed by atoms with Crippen molar-refractivity contribution in [2.75, 3.05) is 0 Å². The Hall–Kier alpha value is -4.33. The summed E-state index contributed by atoms with van der Waals surface area (Å²) < 4.78 is 0. The molecule has 6 aromatic carbocycles. The fourth-order valence-corrected chi connectivity index (χ4v) is 8.66. The van der Waals surface area contributed by atoms with Gasteiger partial charge in [0, 0.05) is 15.2 Å². The Balaban J connectivity index is 1.36. The Kier molecular flexibility index (Phi) is 5.65. The van der Waals surface area contributed by atoms with E-state index in [-0.39, 0.29) is 5.41 Å². The van der Waals surface area contributed by atoms with Crippen LogP contribution in [-0.4, -0.2) is 0 Å². The van der Waals surface area contributed by atoms with Gasteiger partial charge in [0.05, 0.1) is 0 Å². The van der Waals surface area contributed by atoms with Gasteiger partial charge in [-0.2, -0.15) is 0 Å². The van der Waals surface area contributed by atoms with Gasteiger partial charge in [0.1, 0.15) is 0 Å². The lowest BCUT2D eigenvalue weighted by atomic mass is 9.76. The summed E-state index contributed by atoms with van der Waals surface area (Å²) in [6.45, 7) is 9.21. The van der Waals surface area contributed by atoms with Crippen molar-refractivity contribution in [2.45, 2.75) is 42.9 Å². The van der Waals surface area contributed by atoms with E-state index in [0.29, 0.717) is 0 Å². The molecule has 8 rings (SSSR count). The maximum Gasteiger partial charge on any atom is 0.0169 e. The second-order valence-electron chi connectivity index (χ2n) is 12.3. The predicted molar refractivity (Wildman–Crippen MR) is 179 cm³/mol. The molecule has 202 valence electrons. The highest BCUT2D eigenvalue weighted by atomic mass is 32.2. The molecule has 0 unspecified atom stereocenters. The largest absolute Gasteiger partial charge is 0.0894 e. The number of hydrogen-bond donors (Lipinski definition) is 0. The first-order chi connectivity index (χ1) is 20.4. The smallest absolute Gasteiger partial charge is 0.0169 e. The van der Waals surface area contributed by atoms with Crippen LogP contribution in [0.25, 0.3) is 55.6 Å². The molecule has 1 aliphatic carbocycles. The summed E-state index contributed by atoms with van der Waals surface area (Å²) in [5.74, 6) is 0. The van der Waals surface area contributed by atoms with Crippen LogP contribution in [0.3, 0.4) is 0 Å². The lowest BCUT2D eigenvalue weighted by molar-refractivity contribution is 0.607. The van der Waals surface area contributed by atoms with Crippen molar-refractivity contribution >= 4 is 11.8 Å². The molecule has 0 N–H and O–H groups in total. The van der Waals surface area contributed by atoms with Gasteiger partial charge < -0.3 is 0 Å². The Morgan fingerprint density at radius 1 is 0.429 bits per heavy atom. The molecule has 0 saturated carbocycles. The zero-order valence-corrected chi connectivity index (χ0v) is 25.3. The van der Waals surface area contributed by atoms with E-state index >= 15 is 0 Å². The van der Waals surface area contributed by atoms with E-state index in [1.807, 2.05) is 11.8 Å². The van der Waals surface area contributed by atoms with Crippen LogP contribution < -0.4 is 0 Å². The zero-order valence-electron chi connectivity index (χ0n) is 24.5. The summed E-state index contributed by atoms with van der Waals surface area (Å²) >= 11 is 1.92. The van der Waals surface area contributed by atoms with Crippen molar-refractivity contribution in [2.24, 2.45) is 0 Å². The molecule has 0 amide bonds. The third-order valence-corrected chi connectivity index (χ3v) is 10.4. The van der Waals surface area contributed by atoms with Gasteiger partial charge in [-0.05, 0) is 116 Å². The highest BCUT2D eigenvalue weighted by Gasteiger charge is 2.34. The van der Waals surface area contributed by atoms with E-state index in [4.69, 9.17) is 0 Å². The van der Waals surface area contributed by atoms with Crippen molar-refractivity contribution in [1.82, 2.24) is 0 Å². The molecule has 1 heteroatoms. The summed E-state index contributed by atoms with van der Waals surface area (Å²) in [7, 11) is 0. The minimum atomic E-state index is -0.0646. The number of benzene rings is 6. The molecule has 0 bridgehead atoms. The van der Waals surface area contributed by atoms with Crippen LogP contribution in [0.2, 0.25) is 0 Å². The molecule has 0 fully saturated rings. The van der Waals surface area contributed by atoms with Crippen molar-refractivity contribution in [3.05, 3.63) is 144 Å². The maximum atomic E-state index is 2.47. The van der Waals surface area contributed by atoms with E-state index < -0.39 is 0 Å². The van der Waals surface area contributed by atoms with Crippen LogP contribution in [0.1, 0.15) is 36.1 Å². The highest BCUT2D eigenvalue weighted by molar-refractivity contribution is 7.99. The molecule has 42 heavy (non-hydrogen) atoms. The minimum absolute atomic E-state index is 0.0646. The Bertz CT molecular complexity index is 2050. The van der Waals surface area contributed by atoms with Crippen LogP contribution in [0.5, 0.6) is 0 Å². The highest BCUT2D eigenvalue weighted by Crippen LogP contribution is 2.52. The zero-order chi connectivity index (χ0) is 28.6. The van der Waals surface area contributed by atoms with Crippen LogP contribution in [-0.2, 0) is 5.41 Å². The normalized spacial score (nSPS) is 13.8. The second kappa shape index (κ2) is 9.34. The molecule has 0 atom stereocenters. The molecule has 0 spiro atoms. The van der Waals surface area contributed by atoms with Crippen LogP contribution >= 0.6 is 11.8 Å². The molecule has 0 radical (unpaired) electrons. The lowest BCUT2D eigenvalue weighted by Gasteiger charge is -2.35. The standard InChI is InChI=1S/C41H32S/c1-25-17-20-37-39(21-25)42-40-22-26(2)35(24-38(40)41(37,3)4)27-18-19-34-32-15-8-7-13-30(32)28-11-5-6-12-29(28)31-14-9-10-16-33(31)36(34)23-27/h5-24H,1-4H3. The topological polar surface area (TPSA) is 0 Å². The quantitative estimate of drug-likeness (QED) is 0.194. The van der Waals surface area contributed by atoms with Gasteiger partial charge in [-0.1, -0.05) is 123 Å². The fourth-order valence-electron chi connectivity index (χ4n) is 7.09. The molecular formula is C41H32S. The summed E-state index contributed by atoms with van der Waals surface area (Å²) in [6.07, 6.45) is 0. The van der Waals surface area contributed by atoms with E-state index in [2.05, 4.69) is 149 Å². The molecular weight excluding hydrogens is 525 g/mol. The van der Waals surface area contributed by atoms with Gasteiger partial charge in [0.15, 0.2) is 0 Å². The molecule has 1 aliphatic heterocycles. The van der Waals surface area contributed by atoms with Gasteiger partial charge in [0.25, 0.3) is 0 Å². The number of hydrogen-bond acceptors (Lipinski definition) is 1. The van der Waals surface area contributed by atoms with Crippen LogP contribution in [0.15, 0.2) is 131 Å². The number of aryl methyl sites for hydroxylation is 2. The molecule has 1 heterocycles. The molecule has 6 aromatic rings. The molecule has 2 aliphatic rings. The number of fused-ring (bicyclic) bond motifs is 10. The molecule has 0 saturated heterocycles. The minimum Gasteiger partial charge on any atom is -0.0894 e. The predicted octanol–water partition coefficient (Wildman–Crippen LogP) is 11.7. The van der Waals surface area contributed by atoms with Crippen LogP contribution in [0.4, 0.5) is 0 Å². The third-order valence-electron chi connectivity index (χ3n) is 9.30. The van der Waals surface area contributed by atoms with Gasteiger partial charge in [-0.3, -0.25) is 0 Å². The van der Waals surface area contributed by atoms with Crippen molar-refractivity contribution in [1.29, 1.82) is 0 Å². The van der Waals surface area contributed by atoms with E-state index in [0.717, 1.165) is 0 Å². The Morgan fingerprint density at radius 2 is 0.929 bits per heavy atom. The van der Waals surface area contributed by atoms with Gasteiger partial charge in [-0.15, -0.1) is 0 Å². The first-order valence-corrected chi connectivity index (χ1v) is 15.6.